The number of hydrogen-bond acceptors (Lipinski definition) is 2. The van der Waals surface area contributed by atoms with Gasteiger partial charge in [-0.25, -0.2) is 4.39 Å². The minimum Gasteiger partial charge on any atom is -0.490 e. The summed E-state index contributed by atoms with van der Waals surface area (Å²) in [6.07, 6.45) is 1.76. The Balaban J connectivity index is 1.49. The standard InChI is InChI=1S/C19H20FNO2/c20-17-8-4-5-9-18(17)23-14-15-10-12-21(13-11-15)19(22)16-6-2-1-3-7-16/h1-9,15H,10-14H2. The van der Waals surface area contributed by atoms with Crippen molar-refractivity contribution in [1.82, 2.24) is 4.90 Å². The van der Waals surface area contributed by atoms with E-state index in [-0.39, 0.29) is 11.7 Å². The van der Waals surface area contributed by atoms with E-state index in [0.717, 1.165) is 31.5 Å². The van der Waals surface area contributed by atoms with E-state index in [0.29, 0.717) is 18.3 Å². The van der Waals surface area contributed by atoms with E-state index < -0.39 is 0 Å². The Morgan fingerprint density at radius 3 is 2.39 bits per heavy atom. The van der Waals surface area contributed by atoms with Crippen LogP contribution in [0.1, 0.15) is 23.2 Å². The van der Waals surface area contributed by atoms with Gasteiger partial charge in [0.1, 0.15) is 0 Å². The number of likely N-dealkylation sites (tertiary alicyclic amines) is 1. The lowest BCUT2D eigenvalue weighted by Gasteiger charge is -2.32. The fourth-order valence-corrected chi connectivity index (χ4v) is 2.84. The van der Waals surface area contributed by atoms with Crippen LogP contribution in [-0.4, -0.2) is 30.5 Å². The lowest BCUT2D eigenvalue weighted by Crippen LogP contribution is -2.39. The lowest BCUT2D eigenvalue weighted by molar-refractivity contribution is 0.0660. The molecule has 4 heteroatoms. The number of nitrogens with zero attached hydrogens (tertiary/aromatic N) is 1. The van der Waals surface area contributed by atoms with E-state index in [4.69, 9.17) is 4.74 Å². The van der Waals surface area contributed by atoms with Crippen molar-refractivity contribution in [2.45, 2.75) is 12.8 Å². The van der Waals surface area contributed by atoms with Gasteiger partial charge in [-0.2, -0.15) is 0 Å². The molecule has 0 bridgehead atoms. The number of benzene rings is 2. The number of piperidine rings is 1. The van der Waals surface area contributed by atoms with E-state index in [2.05, 4.69) is 0 Å². The van der Waals surface area contributed by atoms with Gasteiger partial charge < -0.3 is 9.64 Å². The summed E-state index contributed by atoms with van der Waals surface area (Å²) in [6.45, 7) is 1.94. The minimum absolute atomic E-state index is 0.0825. The van der Waals surface area contributed by atoms with Crippen LogP contribution in [-0.2, 0) is 0 Å². The molecule has 2 aromatic rings. The molecule has 0 unspecified atom stereocenters. The van der Waals surface area contributed by atoms with Crippen LogP contribution in [0.3, 0.4) is 0 Å². The van der Waals surface area contributed by atoms with Gasteiger partial charge in [0.2, 0.25) is 0 Å². The van der Waals surface area contributed by atoms with Crippen molar-refractivity contribution in [3.05, 3.63) is 66.0 Å². The van der Waals surface area contributed by atoms with Crippen LogP contribution in [0, 0.1) is 11.7 Å². The first-order chi connectivity index (χ1) is 11.2. The fourth-order valence-electron chi connectivity index (χ4n) is 2.84. The summed E-state index contributed by atoms with van der Waals surface area (Å²) >= 11 is 0. The zero-order valence-electron chi connectivity index (χ0n) is 13.0. The zero-order chi connectivity index (χ0) is 16.1. The highest BCUT2D eigenvalue weighted by molar-refractivity contribution is 5.94. The molecular weight excluding hydrogens is 293 g/mol. The van der Waals surface area contributed by atoms with Gasteiger partial charge in [0, 0.05) is 18.7 Å². The lowest BCUT2D eigenvalue weighted by atomic mass is 9.97. The van der Waals surface area contributed by atoms with Crippen LogP contribution in [0.5, 0.6) is 5.75 Å². The quantitative estimate of drug-likeness (QED) is 0.860. The predicted molar refractivity (Wildman–Crippen MR) is 87.0 cm³/mol. The van der Waals surface area contributed by atoms with Crippen LogP contribution in [0.2, 0.25) is 0 Å². The first kappa shape index (κ1) is 15.5. The topological polar surface area (TPSA) is 29.5 Å². The van der Waals surface area contributed by atoms with Crippen molar-refractivity contribution >= 4 is 5.91 Å². The molecule has 0 radical (unpaired) electrons. The van der Waals surface area contributed by atoms with Gasteiger partial charge in [-0.1, -0.05) is 30.3 Å². The van der Waals surface area contributed by atoms with Crippen molar-refractivity contribution in [2.75, 3.05) is 19.7 Å². The average Bonchev–Trinajstić information content (AvgIpc) is 2.62. The van der Waals surface area contributed by atoms with E-state index in [1.807, 2.05) is 35.2 Å². The summed E-state index contributed by atoms with van der Waals surface area (Å²) in [4.78, 5) is 14.3. The highest BCUT2D eigenvalue weighted by Gasteiger charge is 2.24. The number of hydrogen-bond donors (Lipinski definition) is 0. The Hall–Kier alpha value is -2.36. The molecule has 0 saturated carbocycles. The van der Waals surface area contributed by atoms with Crippen molar-refractivity contribution in [1.29, 1.82) is 0 Å². The molecule has 3 rings (SSSR count). The third kappa shape index (κ3) is 3.89. The second kappa shape index (κ2) is 7.27. The normalized spacial score (nSPS) is 15.4. The maximum absolute atomic E-state index is 13.5. The van der Waals surface area contributed by atoms with Gasteiger partial charge in [0.15, 0.2) is 11.6 Å². The SMILES string of the molecule is O=C(c1ccccc1)N1CCC(COc2ccccc2F)CC1. The molecule has 0 atom stereocenters. The second-order valence-electron chi connectivity index (χ2n) is 5.84. The van der Waals surface area contributed by atoms with Gasteiger partial charge in [0.25, 0.3) is 5.91 Å². The Morgan fingerprint density at radius 1 is 1.04 bits per heavy atom. The molecule has 1 aliphatic rings. The number of carbonyl (C=O) groups is 1. The molecule has 0 aliphatic carbocycles. The van der Waals surface area contributed by atoms with E-state index in [1.54, 1.807) is 18.2 Å². The van der Waals surface area contributed by atoms with Crippen LogP contribution < -0.4 is 4.74 Å². The first-order valence-electron chi connectivity index (χ1n) is 7.95. The predicted octanol–water partition coefficient (Wildman–Crippen LogP) is 3.76. The molecule has 3 nitrogen and oxygen atoms in total. The van der Waals surface area contributed by atoms with Gasteiger partial charge >= 0.3 is 0 Å². The van der Waals surface area contributed by atoms with Crippen LogP contribution in [0.4, 0.5) is 4.39 Å². The van der Waals surface area contributed by atoms with Crippen molar-refractivity contribution < 1.29 is 13.9 Å². The molecular formula is C19H20FNO2. The van der Waals surface area contributed by atoms with Gasteiger partial charge in [-0.15, -0.1) is 0 Å². The molecule has 23 heavy (non-hydrogen) atoms. The molecule has 1 saturated heterocycles. The zero-order valence-corrected chi connectivity index (χ0v) is 13.0. The first-order valence-corrected chi connectivity index (χ1v) is 7.95. The van der Waals surface area contributed by atoms with Gasteiger partial charge in [-0.05, 0) is 43.0 Å². The Morgan fingerprint density at radius 2 is 1.70 bits per heavy atom. The number of amides is 1. The highest BCUT2D eigenvalue weighted by atomic mass is 19.1. The number of carbonyl (C=O) groups excluding carboxylic acids is 1. The molecule has 1 aliphatic heterocycles. The Bertz CT molecular complexity index is 651. The Kier molecular flexibility index (Phi) is 4.91. The number of rotatable bonds is 4. The molecule has 1 amide bonds. The van der Waals surface area contributed by atoms with Crippen LogP contribution >= 0.6 is 0 Å². The molecule has 0 spiro atoms. The number of para-hydroxylation sites is 1. The largest absolute Gasteiger partial charge is 0.490 e. The monoisotopic (exact) mass is 313 g/mol. The van der Waals surface area contributed by atoms with Crippen LogP contribution in [0.25, 0.3) is 0 Å². The smallest absolute Gasteiger partial charge is 0.253 e. The van der Waals surface area contributed by atoms with E-state index in [9.17, 15) is 9.18 Å². The highest BCUT2D eigenvalue weighted by Crippen LogP contribution is 2.22. The third-order valence-electron chi connectivity index (χ3n) is 4.23. The molecule has 2 aromatic carbocycles. The van der Waals surface area contributed by atoms with Crippen molar-refractivity contribution in [2.24, 2.45) is 5.92 Å². The summed E-state index contributed by atoms with van der Waals surface area (Å²) in [5.41, 5.74) is 0.730. The summed E-state index contributed by atoms with van der Waals surface area (Å²) < 4.78 is 19.1. The maximum atomic E-state index is 13.5. The van der Waals surface area contributed by atoms with Gasteiger partial charge in [0.05, 0.1) is 6.61 Å². The van der Waals surface area contributed by atoms with E-state index in [1.165, 1.54) is 6.07 Å². The molecule has 0 aromatic heterocycles. The maximum Gasteiger partial charge on any atom is 0.253 e. The minimum atomic E-state index is -0.329. The van der Waals surface area contributed by atoms with Crippen LogP contribution in [0.15, 0.2) is 54.6 Å². The molecule has 120 valence electrons. The molecule has 1 fully saturated rings. The van der Waals surface area contributed by atoms with Crippen molar-refractivity contribution in [3.63, 3.8) is 0 Å². The Labute approximate surface area is 135 Å². The summed E-state index contributed by atoms with van der Waals surface area (Å²) in [6, 6.07) is 15.8. The summed E-state index contributed by atoms with van der Waals surface area (Å²) in [5.74, 6) is 0.410. The number of ether oxygens (including phenoxy) is 1. The second-order valence-corrected chi connectivity index (χ2v) is 5.84. The molecule has 0 N–H and O–H groups in total. The third-order valence-corrected chi connectivity index (χ3v) is 4.23. The molecule has 1 heterocycles. The fraction of sp³-hybridized carbons (Fsp3) is 0.316. The van der Waals surface area contributed by atoms with Gasteiger partial charge in [-0.3, -0.25) is 4.79 Å². The average molecular weight is 313 g/mol. The van der Waals surface area contributed by atoms with E-state index >= 15 is 0 Å². The van der Waals surface area contributed by atoms with Crippen molar-refractivity contribution in [3.8, 4) is 5.75 Å². The summed E-state index contributed by atoms with van der Waals surface area (Å²) in [5, 5.41) is 0. The summed E-state index contributed by atoms with van der Waals surface area (Å²) in [7, 11) is 0. The number of halogens is 1.